The van der Waals surface area contributed by atoms with Crippen molar-refractivity contribution in [3.8, 4) is 16.9 Å². The molecule has 0 saturated heterocycles. The first-order valence-electron chi connectivity index (χ1n) is 6.99. The number of ether oxygens (including phenoxy) is 1. The molecule has 0 unspecified atom stereocenters. The van der Waals surface area contributed by atoms with Crippen molar-refractivity contribution < 1.29 is 4.74 Å². The normalized spacial score (nSPS) is 10.8. The predicted molar refractivity (Wildman–Crippen MR) is 86.5 cm³/mol. The molecule has 3 aromatic rings. The Morgan fingerprint density at radius 2 is 2.00 bits per heavy atom. The van der Waals surface area contributed by atoms with Gasteiger partial charge in [-0.3, -0.25) is 4.98 Å². The molecule has 3 nitrogen and oxygen atoms in total. The van der Waals surface area contributed by atoms with E-state index in [0.29, 0.717) is 0 Å². The number of hydrogen-bond donors (Lipinski definition) is 1. The molecule has 0 spiro atoms. The molecule has 3 rings (SSSR count). The summed E-state index contributed by atoms with van der Waals surface area (Å²) in [7, 11) is 3.64. The summed E-state index contributed by atoms with van der Waals surface area (Å²) in [5.74, 6) is 0.909. The van der Waals surface area contributed by atoms with Gasteiger partial charge in [0.15, 0.2) is 0 Å². The fraction of sp³-hybridized carbons (Fsp3) is 0.167. The standard InChI is InChI=1S/C18H18N2O/c1-19-12-14-11-13(8-9-18(14)21-2)15-5-3-7-17-16(15)6-4-10-20-17/h3-11,19H,12H2,1-2H3. The van der Waals surface area contributed by atoms with Gasteiger partial charge >= 0.3 is 0 Å². The second-order valence-corrected chi connectivity index (χ2v) is 4.93. The van der Waals surface area contributed by atoms with Crippen molar-refractivity contribution >= 4 is 10.9 Å². The number of pyridine rings is 1. The maximum Gasteiger partial charge on any atom is 0.123 e. The van der Waals surface area contributed by atoms with Crippen molar-refractivity contribution in [2.24, 2.45) is 0 Å². The van der Waals surface area contributed by atoms with Crippen LogP contribution < -0.4 is 10.1 Å². The molecular formula is C18H18N2O. The zero-order valence-corrected chi connectivity index (χ0v) is 12.3. The molecule has 1 heterocycles. The predicted octanol–water partition coefficient (Wildman–Crippen LogP) is 3.63. The third kappa shape index (κ3) is 2.60. The molecular weight excluding hydrogens is 260 g/mol. The van der Waals surface area contributed by atoms with Crippen LogP contribution >= 0.6 is 0 Å². The zero-order valence-electron chi connectivity index (χ0n) is 12.3. The van der Waals surface area contributed by atoms with Crippen LogP contribution in [0.5, 0.6) is 5.75 Å². The Morgan fingerprint density at radius 1 is 1.10 bits per heavy atom. The highest BCUT2D eigenvalue weighted by molar-refractivity contribution is 5.94. The summed E-state index contributed by atoms with van der Waals surface area (Å²) in [4.78, 5) is 4.42. The molecule has 0 amide bonds. The lowest BCUT2D eigenvalue weighted by atomic mass is 9.98. The Balaban J connectivity index is 2.16. The van der Waals surface area contributed by atoms with Crippen LogP contribution in [0.3, 0.4) is 0 Å². The van der Waals surface area contributed by atoms with Gasteiger partial charge in [-0.1, -0.05) is 24.3 Å². The highest BCUT2D eigenvalue weighted by Gasteiger charge is 2.08. The van der Waals surface area contributed by atoms with Crippen molar-refractivity contribution in [2.45, 2.75) is 6.54 Å². The van der Waals surface area contributed by atoms with Gasteiger partial charge in [-0.15, -0.1) is 0 Å². The Kier molecular flexibility index (Phi) is 3.84. The highest BCUT2D eigenvalue weighted by Crippen LogP contribution is 2.31. The van der Waals surface area contributed by atoms with Crippen LogP contribution in [0.1, 0.15) is 5.56 Å². The van der Waals surface area contributed by atoms with Crippen molar-refractivity contribution in [3.05, 3.63) is 60.3 Å². The van der Waals surface area contributed by atoms with Gasteiger partial charge < -0.3 is 10.1 Å². The van der Waals surface area contributed by atoms with E-state index in [9.17, 15) is 0 Å². The van der Waals surface area contributed by atoms with Gasteiger partial charge in [-0.25, -0.2) is 0 Å². The maximum atomic E-state index is 5.42. The van der Waals surface area contributed by atoms with Crippen LogP contribution in [0.15, 0.2) is 54.7 Å². The zero-order chi connectivity index (χ0) is 14.7. The van der Waals surface area contributed by atoms with Crippen LogP contribution in [-0.2, 0) is 6.54 Å². The average molecular weight is 278 g/mol. The molecule has 2 aromatic carbocycles. The number of benzene rings is 2. The van der Waals surface area contributed by atoms with E-state index in [1.165, 1.54) is 16.5 Å². The third-order valence-corrected chi connectivity index (χ3v) is 3.60. The molecule has 0 radical (unpaired) electrons. The first-order chi connectivity index (χ1) is 10.3. The van der Waals surface area contributed by atoms with Gasteiger partial charge in [0, 0.05) is 23.7 Å². The van der Waals surface area contributed by atoms with Crippen LogP contribution in [0, 0.1) is 0 Å². The Morgan fingerprint density at radius 3 is 2.81 bits per heavy atom. The van der Waals surface area contributed by atoms with Crippen molar-refractivity contribution in [1.29, 1.82) is 0 Å². The molecule has 106 valence electrons. The number of nitrogens with one attached hydrogen (secondary N) is 1. The molecule has 0 aliphatic heterocycles. The number of fused-ring (bicyclic) bond motifs is 1. The fourth-order valence-corrected chi connectivity index (χ4v) is 2.63. The highest BCUT2D eigenvalue weighted by atomic mass is 16.5. The first kappa shape index (κ1) is 13.6. The molecule has 0 saturated carbocycles. The molecule has 3 heteroatoms. The maximum absolute atomic E-state index is 5.42. The summed E-state index contributed by atoms with van der Waals surface area (Å²) in [5, 5.41) is 4.35. The van der Waals surface area contributed by atoms with Gasteiger partial charge in [0.25, 0.3) is 0 Å². The van der Waals surface area contributed by atoms with Crippen LogP contribution in [0.25, 0.3) is 22.0 Å². The van der Waals surface area contributed by atoms with E-state index in [2.05, 4.69) is 34.6 Å². The lowest BCUT2D eigenvalue weighted by Crippen LogP contribution is -2.06. The minimum absolute atomic E-state index is 0.778. The number of hydrogen-bond acceptors (Lipinski definition) is 3. The second kappa shape index (κ2) is 5.94. The van der Waals surface area contributed by atoms with Crippen molar-refractivity contribution in [2.75, 3.05) is 14.2 Å². The van der Waals surface area contributed by atoms with E-state index in [-0.39, 0.29) is 0 Å². The smallest absolute Gasteiger partial charge is 0.123 e. The average Bonchev–Trinajstić information content (AvgIpc) is 2.54. The topological polar surface area (TPSA) is 34.2 Å². The number of rotatable bonds is 4. The third-order valence-electron chi connectivity index (χ3n) is 3.60. The van der Waals surface area contributed by atoms with Gasteiger partial charge in [-0.2, -0.15) is 0 Å². The Bertz CT molecular complexity index is 763. The largest absolute Gasteiger partial charge is 0.496 e. The molecule has 1 N–H and O–H groups in total. The molecule has 0 atom stereocenters. The summed E-state index contributed by atoms with van der Waals surface area (Å²) in [6.07, 6.45) is 1.83. The first-order valence-corrected chi connectivity index (χ1v) is 6.99. The van der Waals surface area contributed by atoms with E-state index in [1.54, 1.807) is 7.11 Å². The van der Waals surface area contributed by atoms with Crippen molar-refractivity contribution in [3.63, 3.8) is 0 Å². The Hall–Kier alpha value is -2.39. The lowest BCUT2D eigenvalue weighted by molar-refractivity contribution is 0.408. The van der Waals surface area contributed by atoms with E-state index in [4.69, 9.17) is 4.74 Å². The monoisotopic (exact) mass is 278 g/mol. The quantitative estimate of drug-likeness (QED) is 0.791. The molecule has 21 heavy (non-hydrogen) atoms. The summed E-state index contributed by atoms with van der Waals surface area (Å²) in [5.41, 5.74) is 4.54. The van der Waals surface area contributed by atoms with Gasteiger partial charge in [0.2, 0.25) is 0 Å². The molecule has 0 bridgehead atoms. The van der Waals surface area contributed by atoms with Crippen LogP contribution in [-0.4, -0.2) is 19.1 Å². The molecule has 0 fully saturated rings. The summed E-state index contributed by atoms with van der Waals surface area (Å²) >= 11 is 0. The second-order valence-electron chi connectivity index (χ2n) is 4.93. The number of methoxy groups -OCH3 is 1. The van der Waals surface area contributed by atoms with E-state index >= 15 is 0 Å². The summed E-state index contributed by atoms with van der Waals surface area (Å²) < 4.78 is 5.42. The number of aromatic nitrogens is 1. The van der Waals surface area contributed by atoms with E-state index in [1.807, 2.05) is 37.5 Å². The van der Waals surface area contributed by atoms with E-state index in [0.717, 1.165) is 23.4 Å². The van der Waals surface area contributed by atoms with Gasteiger partial charge in [0.1, 0.15) is 5.75 Å². The Labute approximate surface area is 124 Å². The van der Waals surface area contributed by atoms with E-state index < -0.39 is 0 Å². The van der Waals surface area contributed by atoms with Gasteiger partial charge in [-0.05, 0) is 42.4 Å². The lowest BCUT2D eigenvalue weighted by Gasteiger charge is -2.12. The summed E-state index contributed by atoms with van der Waals surface area (Å²) in [6, 6.07) is 16.6. The minimum Gasteiger partial charge on any atom is -0.496 e. The molecule has 1 aromatic heterocycles. The van der Waals surface area contributed by atoms with Gasteiger partial charge in [0.05, 0.1) is 12.6 Å². The number of nitrogens with zero attached hydrogens (tertiary/aromatic N) is 1. The fourth-order valence-electron chi connectivity index (χ4n) is 2.63. The van der Waals surface area contributed by atoms with Crippen molar-refractivity contribution in [1.82, 2.24) is 10.3 Å². The molecule has 0 aliphatic carbocycles. The molecule has 0 aliphatic rings. The summed E-state index contributed by atoms with van der Waals surface area (Å²) in [6.45, 7) is 0.778. The van der Waals surface area contributed by atoms with Crippen LogP contribution in [0.4, 0.5) is 0 Å². The SMILES string of the molecule is CNCc1cc(-c2cccc3ncccc23)ccc1OC. The minimum atomic E-state index is 0.778. The van der Waals surface area contributed by atoms with Crippen LogP contribution in [0.2, 0.25) is 0 Å².